The second-order valence-electron chi connectivity index (χ2n) is 4.05. The molecule has 0 aromatic carbocycles. The van der Waals surface area contributed by atoms with E-state index in [-0.39, 0.29) is 5.41 Å². The minimum Gasteiger partial charge on any atom is -0.299 e. The highest BCUT2D eigenvalue weighted by Crippen LogP contribution is 2.35. The quantitative estimate of drug-likeness (QED) is 0.528. The summed E-state index contributed by atoms with van der Waals surface area (Å²) in [5.74, 6) is 0.837. The van der Waals surface area contributed by atoms with Gasteiger partial charge in [0.2, 0.25) is 0 Å². The first-order chi connectivity index (χ1) is 5.06. The predicted octanol–water partition coefficient (Wildman–Crippen LogP) is 2.57. The summed E-state index contributed by atoms with van der Waals surface area (Å²) >= 11 is 0. The van der Waals surface area contributed by atoms with E-state index in [9.17, 15) is 4.79 Å². The van der Waals surface area contributed by atoms with E-state index < -0.39 is 0 Å². The monoisotopic (exact) mass is 152 g/mol. The summed E-state index contributed by atoms with van der Waals surface area (Å²) in [6, 6.07) is 0. The lowest BCUT2D eigenvalue weighted by molar-refractivity contribution is -0.130. The first kappa shape index (κ1) is 8.51. The van der Waals surface area contributed by atoms with Gasteiger partial charge in [0.05, 0.1) is 0 Å². The Hall–Kier alpha value is -0.590. The van der Waals surface area contributed by atoms with Gasteiger partial charge in [-0.1, -0.05) is 19.9 Å². The molecule has 1 unspecified atom stereocenters. The fraction of sp³-hybridized carbons (Fsp3) is 0.700. The van der Waals surface area contributed by atoms with Crippen LogP contribution >= 0.6 is 0 Å². The number of hydrogen-bond acceptors (Lipinski definition) is 1. The van der Waals surface area contributed by atoms with Crippen molar-refractivity contribution in [2.75, 3.05) is 0 Å². The van der Waals surface area contributed by atoms with Crippen molar-refractivity contribution in [3.05, 3.63) is 12.7 Å². The van der Waals surface area contributed by atoms with Crippen LogP contribution in [0.1, 0.15) is 33.1 Å². The van der Waals surface area contributed by atoms with E-state index in [0.29, 0.717) is 18.1 Å². The molecular weight excluding hydrogens is 136 g/mol. The highest BCUT2D eigenvalue weighted by atomic mass is 16.1. The Kier molecular flexibility index (Phi) is 2.17. The highest BCUT2D eigenvalue weighted by Gasteiger charge is 2.33. The van der Waals surface area contributed by atoms with Crippen LogP contribution in [-0.4, -0.2) is 5.78 Å². The van der Waals surface area contributed by atoms with Gasteiger partial charge in [0, 0.05) is 11.8 Å². The lowest BCUT2D eigenvalue weighted by atomic mass is 9.72. The fourth-order valence-corrected chi connectivity index (χ4v) is 1.50. The molecule has 1 aliphatic carbocycles. The van der Waals surface area contributed by atoms with Gasteiger partial charge in [0.1, 0.15) is 5.78 Å². The van der Waals surface area contributed by atoms with Crippen LogP contribution in [0.15, 0.2) is 12.7 Å². The lowest BCUT2D eigenvalue weighted by Gasteiger charge is -2.31. The summed E-state index contributed by atoms with van der Waals surface area (Å²) in [4.78, 5) is 11.4. The third-order valence-corrected chi connectivity index (χ3v) is 2.68. The number of rotatable bonds is 1. The minimum absolute atomic E-state index is 0.0699. The van der Waals surface area contributed by atoms with Crippen LogP contribution in [-0.2, 0) is 4.79 Å². The van der Waals surface area contributed by atoms with Crippen LogP contribution in [0.2, 0.25) is 0 Å². The number of hydrogen-bond donors (Lipinski definition) is 0. The van der Waals surface area contributed by atoms with Gasteiger partial charge in [-0.05, 0) is 18.8 Å². The molecule has 0 saturated heterocycles. The van der Waals surface area contributed by atoms with Crippen molar-refractivity contribution in [1.82, 2.24) is 0 Å². The molecule has 0 heterocycles. The number of carbonyl (C=O) groups excluding carboxylic acids is 1. The van der Waals surface area contributed by atoms with Crippen LogP contribution in [0.3, 0.4) is 0 Å². The first-order valence-electron chi connectivity index (χ1n) is 4.22. The molecule has 0 amide bonds. The molecule has 1 saturated carbocycles. The zero-order valence-corrected chi connectivity index (χ0v) is 7.39. The molecule has 0 bridgehead atoms. The number of allylic oxidation sites excluding steroid dienone is 1. The van der Waals surface area contributed by atoms with Gasteiger partial charge in [-0.15, -0.1) is 6.58 Å². The third kappa shape index (κ3) is 1.70. The molecule has 11 heavy (non-hydrogen) atoms. The molecular formula is C10H16O. The van der Waals surface area contributed by atoms with E-state index >= 15 is 0 Å². The lowest BCUT2D eigenvalue weighted by Crippen LogP contribution is -2.31. The zero-order chi connectivity index (χ0) is 8.48. The Morgan fingerprint density at radius 1 is 1.64 bits per heavy atom. The molecule has 0 spiro atoms. The number of carbonyl (C=O) groups is 1. The predicted molar refractivity (Wildman–Crippen MR) is 46.3 cm³/mol. The van der Waals surface area contributed by atoms with Crippen LogP contribution in [0, 0.1) is 11.3 Å². The van der Waals surface area contributed by atoms with Crippen LogP contribution < -0.4 is 0 Å². The highest BCUT2D eigenvalue weighted by molar-refractivity contribution is 5.85. The van der Waals surface area contributed by atoms with Crippen molar-refractivity contribution in [2.24, 2.45) is 11.3 Å². The third-order valence-electron chi connectivity index (χ3n) is 2.68. The molecule has 0 N–H and O–H groups in total. The molecule has 0 radical (unpaired) electrons. The Balaban J connectivity index is 2.62. The summed E-state index contributed by atoms with van der Waals surface area (Å²) in [5.41, 5.74) is -0.0699. The van der Waals surface area contributed by atoms with E-state index in [1.807, 2.05) is 19.9 Å². The molecule has 1 nitrogen and oxygen atoms in total. The van der Waals surface area contributed by atoms with Gasteiger partial charge >= 0.3 is 0 Å². The normalized spacial score (nSPS) is 30.0. The summed E-state index contributed by atoms with van der Waals surface area (Å²) in [7, 11) is 0. The molecule has 0 aliphatic heterocycles. The molecule has 1 fully saturated rings. The Bertz CT molecular complexity index is 179. The maximum absolute atomic E-state index is 11.4. The summed E-state index contributed by atoms with van der Waals surface area (Å²) in [5, 5.41) is 0. The van der Waals surface area contributed by atoms with Gasteiger partial charge < -0.3 is 0 Å². The largest absolute Gasteiger partial charge is 0.299 e. The fourth-order valence-electron chi connectivity index (χ4n) is 1.50. The van der Waals surface area contributed by atoms with Gasteiger partial charge in [-0.25, -0.2) is 0 Å². The van der Waals surface area contributed by atoms with E-state index in [2.05, 4.69) is 6.58 Å². The molecule has 0 aromatic rings. The van der Waals surface area contributed by atoms with E-state index in [1.165, 1.54) is 0 Å². The van der Waals surface area contributed by atoms with Crippen molar-refractivity contribution in [3.63, 3.8) is 0 Å². The van der Waals surface area contributed by atoms with Crippen molar-refractivity contribution < 1.29 is 4.79 Å². The molecule has 1 rings (SSSR count). The van der Waals surface area contributed by atoms with Crippen LogP contribution in [0.5, 0.6) is 0 Å². The van der Waals surface area contributed by atoms with Gasteiger partial charge in [-0.2, -0.15) is 0 Å². The first-order valence-corrected chi connectivity index (χ1v) is 4.22. The van der Waals surface area contributed by atoms with Crippen molar-refractivity contribution in [1.29, 1.82) is 0 Å². The summed E-state index contributed by atoms with van der Waals surface area (Å²) < 4.78 is 0. The molecule has 62 valence electrons. The topological polar surface area (TPSA) is 17.1 Å². The Labute approximate surface area is 68.5 Å². The summed E-state index contributed by atoms with van der Waals surface area (Å²) in [6.07, 6.45) is 4.76. The zero-order valence-electron chi connectivity index (χ0n) is 7.39. The van der Waals surface area contributed by atoms with E-state index in [1.54, 1.807) is 0 Å². The van der Waals surface area contributed by atoms with Gasteiger partial charge in [0.25, 0.3) is 0 Å². The SMILES string of the molecule is C=CC1CCC(C)(C)C(=O)C1. The van der Waals surface area contributed by atoms with Crippen LogP contribution in [0.4, 0.5) is 0 Å². The second kappa shape index (κ2) is 2.80. The van der Waals surface area contributed by atoms with E-state index in [4.69, 9.17) is 0 Å². The second-order valence-corrected chi connectivity index (χ2v) is 4.05. The van der Waals surface area contributed by atoms with Crippen molar-refractivity contribution in [3.8, 4) is 0 Å². The average Bonchev–Trinajstić information content (AvgIpc) is 1.95. The summed E-state index contributed by atoms with van der Waals surface area (Å²) in [6.45, 7) is 7.79. The standard InChI is InChI=1S/C10H16O/c1-4-8-5-6-10(2,3)9(11)7-8/h4,8H,1,5-7H2,2-3H3. The molecule has 0 aromatic heterocycles. The minimum atomic E-state index is -0.0699. The smallest absolute Gasteiger partial charge is 0.139 e. The Morgan fingerprint density at radius 3 is 2.73 bits per heavy atom. The number of ketones is 1. The molecule has 1 aliphatic rings. The van der Waals surface area contributed by atoms with Gasteiger partial charge in [0.15, 0.2) is 0 Å². The number of Topliss-reactive ketones (excluding diaryl/α,β-unsaturated/α-hetero) is 1. The maximum atomic E-state index is 11.4. The molecule has 1 atom stereocenters. The Morgan fingerprint density at radius 2 is 2.27 bits per heavy atom. The van der Waals surface area contributed by atoms with Crippen LogP contribution in [0.25, 0.3) is 0 Å². The van der Waals surface area contributed by atoms with Crippen molar-refractivity contribution in [2.45, 2.75) is 33.1 Å². The van der Waals surface area contributed by atoms with Crippen molar-refractivity contribution >= 4 is 5.78 Å². The van der Waals surface area contributed by atoms with E-state index in [0.717, 1.165) is 12.8 Å². The maximum Gasteiger partial charge on any atom is 0.139 e. The molecule has 1 heteroatoms. The average molecular weight is 152 g/mol. The van der Waals surface area contributed by atoms with Gasteiger partial charge in [-0.3, -0.25) is 4.79 Å².